The lowest BCUT2D eigenvalue weighted by Crippen LogP contribution is -2.40. The molecule has 1 aliphatic heterocycles. The summed E-state index contributed by atoms with van der Waals surface area (Å²) in [5, 5.41) is 0. The molecule has 0 unspecified atom stereocenters. The largest absolute Gasteiger partial charge is 0.312 e. The van der Waals surface area contributed by atoms with Crippen molar-refractivity contribution < 1.29 is 13.2 Å². The SMILES string of the molecule is C=CCn1c(=NC(=O)C2CCN(S(=O)(=O)c3ccc(C)cc3)CC2)sc2cc(C)c(C)cc21. The van der Waals surface area contributed by atoms with Crippen LogP contribution in [0.15, 0.2) is 58.9 Å². The summed E-state index contributed by atoms with van der Waals surface area (Å²) in [6.07, 6.45) is 2.75. The van der Waals surface area contributed by atoms with Gasteiger partial charge in [0.1, 0.15) is 0 Å². The fraction of sp³-hybridized carbons (Fsp3) is 0.360. The van der Waals surface area contributed by atoms with E-state index in [4.69, 9.17) is 0 Å². The number of hydrogen-bond acceptors (Lipinski definition) is 4. The first kappa shape index (κ1) is 23.6. The number of rotatable bonds is 5. The van der Waals surface area contributed by atoms with Gasteiger partial charge in [-0.25, -0.2) is 8.42 Å². The number of thiazole rings is 1. The van der Waals surface area contributed by atoms with Crippen LogP contribution in [0.1, 0.15) is 29.5 Å². The fourth-order valence-corrected chi connectivity index (χ4v) is 6.69. The number of carbonyl (C=O) groups excluding carboxylic acids is 1. The number of hydrogen-bond donors (Lipinski definition) is 0. The average molecular weight is 484 g/mol. The molecule has 1 aromatic heterocycles. The van der Waals surface area contributed by atoms with Gasteiger partial charge in [-0.2, -0.15) is 9.30 Å². The highest BCUT2D eigenvalue weighted by Crippen LogP contribution is 2.26. The molecule has 0 saturated carbocycles. The maximum Gasteiger partial charge on any atom is 0.251 e. The summed E-state index contributed by atoms with van der Waals surface area (Å²) in [7, 11) is -3.55. The molecule has 2 heterocycles. The second-order valence-electron chi connectivity index (χ2n) is 8.63. The third-order valence-electron chi connectivity index (χ3n) is 6.28. The minimum atomic E-state index is -3.55. The number of aryl methyl sites for hydroxylation is 3. The first-order valence-corrected chi connectivity index (χ1v) is 13.3. The van der Waals surface area contributed by atoms with Crippen LogP contribution >= 0.6 is 11.3 Å². The zero-order chi connectivity index (χ0) is 23.8. The Morgan fingerprint density at radius 3 is 2.39 bits per heavy atom. The number of piperidine rings is 1. The zero-order valence-corrected chi connectivity index (χ0v) is 20.9. The van der Waals surface area contributed by atoms with Crippen molar-refractivity contribution in [2.24, 2.45) is 10.9 Å². The Kier molecular flexibility index (Phi) is 6.70. The molecule has 3 aromatic rings. The van der Waals surface area contributed by atoms with E-state index in [1.165, 1.54) is 26.8 Å². The minimum Gasteiger partial charge on any atom is -0.312 e. The van der Waals surface area contributed by atoms with E-state index in [1.54, 1.807) is 30.3 Å². The van der Waals surface area contributed by atoms with E-state index < -0.39 is 10.0 Å². The van der Waals surface area contributed by atoms with Crippen LogP contribution in [-0.4, -0.2) is 36.3 Å². The van der Waals surface area contributed by atoms with Crippen molar-refractivity contribution in [1.82, 2.24) is 8.87 Å². The molecule has 1 amide bonds. The Hall–Kier alpha value is -2.55. The van der Waals surface area contributed by atoms with Crippen molar-refractivity contribution in [3.63, 3.8) is 0 Å². The Labute approximate surface area is 199 Å². The molecule has 0 spiro atoms. The first-order valence-electron chi connectivity index (χ1n) is 11.1. The van der Waals surface area contributed by atoms with Gasteiger partial charge in [0.2, 0.25) is 10.0 Å². The number of amides is 1. The third-order valence-corrected chi connectivity index (χ3v) is 9.23. The number of sulfonamides is 1. The molecule has 2 aromatic carbocycles. The molecule has 33 heavy (non-hydrogen) atoms. The predicted molar refractivity (Wildman–Crippen MR) is 133 cm³/mol. The van der Waals surface area contributed by atoms with Gasteiger partial charge in [-0.15, -0.1) is 6.58 Å². The van der Waals surface area contributed by atoms with Gasteiger partial charge in [0.25, 0.3) is 5.91 Å². The standard InChI is InChI=1S/C25H29N3O3S2/c1-5-12-28-22-15-18(3)19(4)16-23(22)32-25(28)26-24(29)20-10-13-27(14-11-20)33(30,31)21-8-6-17(2)7-9-21/h5-9,15-16,20H,1,10-14H2,2-4H3. The maximum atomic E-state index is 13.0. The highest BCUT2D eigenvalue weighted by atomic mass is 32.2. The molecule has 0 bridgehead atoms. The smallest absolute Gasteiger partial charge is 0.251 e. The normalized spacial score (nSPS) is 16.4. The molecule has 6 nitrogen and oxygen atoms in total. The van der Waals surface area contributed by atoms with Gasteiger partial charge in [0, 0.05) is 25.6 Å². The summed E-state index contributed by atoms with van der Waals surface area (Å²) in [5.74, 6) is -0.458. The molecular formula is C25H29N3O3S2. The number of benzene rings is 2. The van der Waals surface area contributed by atoms with Crippen LogP contribution in [0.5, 0.6) is 0 Å². The molecule has 1 fully saturated rings. The highest BCUT2D eigenvalue weighted by molar-refractivity contribution is 7.89. The highest BCUT2D eigenvalue weighted by Gasteiger charge is 2.32. The fourth-order valence-electron chi connectivity index (χ4n) is 4.10. The van der Waals surface area contributed by atoms with Gasteiger partial charge in [-0.3, -0.25) is 4.79 Å². The number of allylic oxidation sites excluding steroid dienone is 1. The van der Waals surface area contributed by atoms with E-state index >= 15 is 0 Å². The van der Waals surface area contributed by atoms with Crippen LogP contribution < -0.4 is 4.80 Å². The van der Waals surface area contributed by atoms with Crippen molar-refractivity contribution in [2.75, 3.05) is 13.1 Å². The van der Waals surface area contributed by atoms with E-state index in [1.807, 2.05) is 11.5 Å². The van der Waals surface area contributed by atoms with E-state index in [0.29, 0.717) is 42.2 Å². The van der Waals surface area contributed by atoms with E-state index in [-0.39, 0.29) is 11.8 Å². The Morgan fingerprint density at radius 2 is 1.76 bits per heavy atom. The van der Waals surface area contributed by atoms with E-state index in [0.717, 1.165) is 15.8 Å². The molecule has 8 heteroatoms. The third kappa shape index (κ3) is 4.74. The molecule has 0 atom stereocenters. The summed E-state index contributed by atoms with van der Waals surface area (Å²) >= 11 is 1.50. The molecule has 1 aliphatic rings. The van der Waals surface area contributed by atoms with Gasteiger partial charge in [-0.05, 0) is 69.0 Å². The Bertz CT molecular complexity index is 1370. The first-order chi connectivity index (χ1) is 15.7. The van der Waals surface area contributed by atoms with Crippen LogP contribution in [0.2, 0.25) is 0 Å². The topological polar surface area (TPSA) is 71.7 Å². The van der Waals surface area contributed by atoms with Crippen molar-refractivity contribution >= 4 is 37.5 Å². The van der Waals surface area contributed by atoms with Crippen molar-refractivity contribution in [3.8, 4) is 0 Å². The number of nitrogens with zero attached hydrogens (tertiary/aromatic N) is 3. The van der Waals surface area contributed by atoms with Gasteiger partial charge in [-0.1, -0.05) is 35.1 Å². The lowest BCUT2D eigenvalue weighted by atomic mass is 9.98. The second-order valence-corrected chi connectivity index (χ2v) is 11.6. The Morgan fingerprint density at radius 1 is 1.12 bits per heavy atom. The Balaban J connectivity index is 1.55. The van der Waals surface area contributed by atoms with Crippen LogP contribution in [0.4, 0.5) is 0 Å². The van der Waals surface area contributed by atoms with Crippen LogP contribution in [-0.2, 0) is 21.4 Å². The van der Waals surface area contributed by atoms with Crippen LogP contribution in [0.3, 0.4) is 0 Å². The summed E-state index contributed by atoms with van der Waals surface area (Å²) in [6, 6.07) is 11.1. The second kappa shape index (κ2) is 9.37. The van der Waals surface area contributed by atoms with Crippen molar-refractivity contribution in [2.45, 2.75) is 45.1 Å². The monoisotopic (exact) mass is 483 g/mol. The van der Waals surface area contributed by atoms with E-state index in [2.05, 4.69) is 37.6 Å². The molecule has 0 aliphatic carbocycles. The summed E-state index contributed by atoms with van der Waals surface area (Å²) in [5.41, 5.74) is 4.46. The van der Waals surface area contributed by atoms with Crippen LogP contribution in [0, 0.1) is 26.7 Å². The maximum absolute atomic E-state index is 13.0. The lowest BCUT2D eigenvalue weighted by Gasteiger charge is -2.29. The number of aromatic nitrogens is 1. The van der Waals surface area contributed by atoms with Crippen molar-refractivity contribution in [3.05, 3.63) is 70.5 Å². The lowest BCUT2D eigenvalue weighted by molar-refractivity contribution is -0.122. The minimum absolute atomic E-state index is 0.180. The van der Waals surface area contributed by atoms with Crippen LogP contribution in [0.25, 0.3) is 10.2 Å². The van der Waals surface area contributed by atoms with Gasteiger partial charge < -0.3 is 4.57 Å². The number of carbonyl (C=O) groups is 1. The van der Waals surface area contributed by atoms with Gasteiger partial charge in [0.15, 0.2) is 4.80 Å². The average Bonchev–Trinajstić information content (AvgIpc) is 3.10. The number of fused-ring (bicyclic) bond motifs is 1. The molecule has 0 radical (unpaired) electrons. The molecule has 4 rings (SSSR count). The molecule has 0 N–H and O–H groups in total. The quantitative estimate of drug-likeness (QED) is 0.507. The summed E-state index contributed by atoms with van der Waals surface area (Å²) < 4.78 is 30.5. The zero-order valence-electron chi connectivity index (χ0n) is 19.2. The van der Waals surface area contributed by atoms with Gasteiger partial charge >= 0.3 is 0 Å². The summed E-state index contributed by atoms with van der Waals surface area (Å²) in [4.78, 5) is 18.5. The molecule has 174 valence electrons. The van der Waals surface area contributed by atoms with Crippen molar-refractivity contribution in [1.29, 1.82) is 0 Å². The summed E-state index contributed by atoms with van der Waals surface area (Å²) in [6.45, 7) is 11.1. The predicted octanol–water partition coefficient (Wildman–Crippen LogP) is 4.34. The van der Waals surface area contributed by atoms with Gasteiger partial charge in [0.05, 0.1) is 15.1 Å². The van der Waals surface area contributed by atoms with E-state index in [9.17, 15) is 13.2 Å². The molecule has 1 saturated heterocycles. The molecular weight excluding hydrogens is 454 g/mol.